The lowest BCUT2D eigenvalue weighted by molar-refractivity contribution is -0.138. The van der Waals surface area contributed by atoms with Crippen LogP contribution in [0.5, 0.6) is 0 Å². The van der Waals surface area contributed by atoms with Gasteiger partial charge in [-0.2, -0.15) is 0 Å². The number of aliphatic carboxylic acids is 1. The van der Waals surface area contributed by atoms with Crippen molar-refractivity contribution in [1.29, 1.82) is 0 Å². The summed E-state index contributed by atoms with van der Waals surface area (Å²) in [5.74, 6) is -2.12. The molecule has 6 N–H and O–H groups in total. The van der Waals surface area contributed by atoms with Crippen molar-refractivity contribution in [3.63, 3.8) is 0 Å². The lowest BCUT2D eigenvalue weighted by Crippen LogP contribution is -2.39. The number of allylic oxidation sites excluding steroid dienone is 3. The molecule has 0 saturated carbocycles. The quantitative estimate of drug-likeness (QED) is 0.280. The number of carbonyl (C=O) groups excluding carboxylic acids is 1. The molecule has 1 amide bonds. The number of nitrogens with two attached hydrogens (primary N) is 2. The van der Waals surface area contributed by atoms with Gasteiger partial charge in [0.05, 0.1) is 11.4 Å². The van der Waals surface area contributed by atoms with E-state index in [2.05, 4.69) is 10.3 Å². The number of aliphatic imine (C=N–C) groups is 1. The first-order valence-corrected chi connectivity index (χ1v) is 10.6. The van der Waals surface area contributed by atoms with Crippen molar-refractivity contribution >= 4 is 35.0 Å². The van der Waals surface area contributed by atoms with Crippen LogP contribution in [0.2, 0.25) is 0 Å². The molecule has 33 heavy (non-hydrogen) atoms. The maximum atomic E-state index is 14.0. The van der Waals surface area contributed by atoms with Crippen LogP contribution >= 0.6 is 11.6 Å². The summed E-state index contributed by atoms with van der Waals surface area (Å²) >= 11 is 6.77. The van der Waals surface area contributed by atoms with Crippen LogP contribution in [0.3, 0.4) is 0 Å². The number of carboxylic acid groups (broad SMARTS) is 1. The highest BCUT2D eigenvalue weighted by molar-refractivity contribution is 6.31. The first-order chi connectivity index (χ1) is 15.7. The van der Waals surface area contributed by atoms with Crippen molar-refractivity contribution in [2.45, 2.75) is 23.8 Å². The molecule has 0 saturated heterocycles. The minimum absolute atomic E-state index is 0.0470. The van der Waals surface area contributed by atoms with E-state index in [9.17, 15) is 14.0 Å². The molecular weight excluding hydrogens is 447 g/mol. The van der Waals surface area contributed by atoms with Gasteiger partial charge in [-0.25, -0.2) is 4.39 Å². The Morgan fingerprint density at radius 1 is 1.15 bits per heavy atom. The van der Waals surface area contributed by atoms with Gasteiger partial charge in [0.15, 0.2) is 5.96 Å². The fourth-order valence-corrected chi connectivity index (χ4v) is 3.79. The summed E-state index contributed by atoms with van der Waals surface area (Å²) in [6, 6.07) is 14.6. The van der Waals surface area contributed by atoms with Crippen LogP contribution in [0.15, 0.2) is 77.6 Å². The van der Waals surface area contributed by atoms with Gasteiger partial charge >= 0.3 is 5.97 Å². The zero-order chi connectivity index (χ0) is 24.0. The minimum atomic E-state index is -1.15. The molecule has 2 atom stereocenters. The lowest BCUT2D eigenvalue weighted by Gasteiger charge is -2.30. The number of carbonyl (C=O) groups is 2. The second-order valence-electron chi connectivity index (χ2n) is 7.70. The van der Waals surface area contributed by atoms with Gasteiger partial charge in [-0.3, -0.25) is 19.9 Å². The number of carboxylic acids is 1. The van der Waals surface area contributed by atoms with E-state index < -0.39 is 22.8 Å². The number of benzene rings is 2. The van der Waals surface area contributed by atoms with E-state index in [1.807, 2.05) is 30.3 Å². The maximum absolute atomic E-state index is 14.0. The van der Waals surface area contributed by atoms with Crippen LogP contribution in [-0.2, 0) is 11.2 Å². The Morgan fingerprint density at radius 2 is 1.82 bits per heavy atom. The molecule has 0 bridgehead atoms. The van der Waals surface area contributed by atoms with Crippen LogP contribution in [0, 0.1) is 0 Å². The van der Waals surface area contributed by atoms with Crippen molar-refractivity contribution in [3.8, 4) is 0 Å². The van der Waals surface area contributed by atoms with Crippen molar-refractivity contribution in [2.75, 3.05) is 6.54 Å². The highest BCUT2D eigenvalue weighted by atomic mass is 35.5. The van der Waals surface area contributed by atoms with E-state index in [4.69, 9.17) is 28.2 Å². The van der Waals surface area contributed by atoms with Crippen LogP contribution in [-0.4, -0.2) is 40.4 Å². The second kappa shape index (κ2) is 10.4. The topological polar surface area (TPSA) is 131 Å². The fraction of sp³-hybridized carbons (Fsp3) is 0.208. The number of rotatable bonds is 7. The van der Waals surface area contributed by atoms with E-state index in [1.54, 1.807) is 18.2 Å². The van der Waals surface area contributed by atoms with Gasteiger partial charge in [-0.1, -0.05) is 48.5 Å². The predicted molar refractivity (Wildman–Crippen MR) is 127 cm³/mol. The van der Waals surface area contributed by atoms with Gasteiger partial charge in [0.25, 0.3) is 5.91 Å². The summed E-state index contributed by atoms with van der Waals surface area (Å²) in [6.45, 7) is -0.0470. The highest BCUT2D eigenvalue weighted by Gasteiger charge is 2.36. The predicted octanol–water partition coefficient (Wildman–Crippen LogP) is 3.00. The van der Waals surface area contributed by atoms with Gasteiger partial charge in [0.1, 0.15) is 11.9 Å². The van der Waals surface area contributed by atoms with Crippen LogP contribution < -0.4 is 16.8 Å². The van der Waals surface area contributed by atoms with Crippen LogP contribution in [0.4, 0.5) is 4.39 Å². The SMILES string of the molecule is NC(=NC[C@@]1(Cl)CC(F)=CC=C1c1ccccc1)NC(=O)c1ccc(C[C@H](N)C(=O)O)cc1. The number of nitrogens with zero attached hydrogens (tertiary/aromatic N) is 1. The van der Waals surface area contributed by atoms with E-state index in [0.29, 0.717) is 16.7 Å². The molecule has 0 aromatic heterocycles. The van der Waals surface area contributed by atoms with E-state index in [0.717, 1.165) is 5.56 Å². The van der Waals surface area contributed by atoms with Crippen molar-refractivity contribution < 1.29 is 19.1 Å². The largest absolute Gasteiger partial charge is 0.480 e. The lowest BCUT2D eigenvalue weighted by atomic mass is 9.85. The third-order valence-electron chi connectivity index (χ3n) is 5.18. The molecule has 9 heteroatoms. The molecule has 2 aromatic rings. The molecule has 172 valence electrons. The number of alkyl halides is 1. The number of hydrogen-bond donors (Lipinski definition) is 4. The average molecular weight is 471 g/mol. The van der Waals surface area contributed by atoms with Crippen molar-refractivity contribution in [1.82, 2.24) is 5.32 Å². The summed E-state index contributed by atoms with van der Waals surface area (Å²) in [4.78, 5) is 26.4. The molecule has 0 spiro atoms. The molecule has 1 aliphatic carbocycles. The smallest absolute Gasteiger partial charge is 0.320 e. The van der Waals surface area contributed by atoms with Crippen molar-refractivity contribution in [2.24, 2.45) is 16.5 Å². The summed E-state index contributed by atoms with van der Waals surface area (Å²) in [5, 5.41) is 11.4. The summed E-state index contributed by atoms with van der Waals surface area (Å²) < 4.78 is 14.0. The molecule has 0 fully saturated rings. The number of halogens is 2. The molecule has 0 aliphatic heterocycles. The monoisotopic (exact) mass is 470 g/mol. The first kappa shape index (κ1) is 24.2. The molecule has 0 unspecified atom stereocenters. The molecule has 7 nitrogen and oxygen atoms in total. The van der Waals surface area contributed by atoms with Gasteiger partial charge in [-0.05, 0) is 41.3 Å². The standard InChI is InChI=1S/C24H24ClFN4O3/c25-24(13-18(26)10-11-19(24)16-4-2-1-3-5-16)14-29-23(28)30-21(31)17-8-6-15(7-9-17)12-20(27)22(32)33/h1-11,20H,12-14,27H2,(H,32,33)(H3,28,29,30,31)/t20-,24-/m0/s1. The zero-order valence-corrected chi connectivity index (χ0v) is 18.4. The van der Waals surface area contributed by atoms with Crippen molar-refractivity contribution in [3.05, 3.63) is 89.3 Å². The molecule has 2 aromatic carbocycles. The van der Waals surface area contributed by atoms with Crippen LogP contribution in [0.25, 0.3) is 5.57 Å². The van der Waals surface area contributed by atoms with Crippen LogP contribution in [0.1, 0.15) is 27.9 Å². The number of nitrogens with one attached hydrogen (secondary N) is 1. The van der Waals surface area contributed by atoms with Gasteiger partial charge < -0.3 is 16.6 Å². The highest BCUT2D eigenvalue weighted by Crippen LogP contribution is 2.42. The molecule has 0 radical (unpaired) electrons. The third kappa shape index (κ3) is 6.27. The third-order valence-corrected chi connectivity index (χ3v) is 5.63. The minimum Gasteiger partial charge on any atom is -0.480 e. The van der Waals surface area contributed by atoms with E-state index in [-0.39, 0.29) is 31.2 Å². The van der Waals surface area contributed by atoms with Gasteiger partial charge in [-0.15, -0.1) is 11.6 Å². The Balaban J connectivity index is 1.67. The number of guanidine groups is 1. The summed E-state index contributed by atoms with van der Waals surface area (Å²) in [7, 11) is 0. The first-order valence-electron chi connectivity index (χ1n) is 10.2. The normalized spacial score (nSPS) is 19.3. The van der Waals surface area contributed by atoms with Gasteiger partial charge in [0, 0.05) is 12.0 Å². The fourth-order valence-electron chi connectivity index (χ4n) is 3.43. The maximum Gasteiger partial charge on any atom is 0.320 e. The number of amides is 1. The van der Waals surface area contributed by atoms with E-state index >= 15 is 0 Å². The Hall–Kier alpha value is -3.49. The Morgan fingerprint density at radius 3 is 2.45 bits per heavy atom. The van der Waals surface area contributed by atoms with Gasteiger partial charge in [0.2, 0.25) is 0 Å². The molecule has 0 heterocycles. The molecule has 1 aliphatic rings. The summed E-state index contributed by atoms with van der Waals surface area (Å²) in [5.41, 5.74) is 13.9. The molecular formula is C24H24ClFN4O3. The van der Waals surface area contributed by atoms with E-state index in [1.165, 1.54) is 18.2 Å². The molecule has 3 rings (SSSR count). The Bertz CT molecular complexity index is 1120. The Kier molecular flexibility index (Phi) is 7.63. The number of hydrogen-bond acceptors (Lipinski definition) is 4. The Labute approximate surface area is 195 Å². The zero-order valence-electron chi connectivity index (χ0n) is 17.7. The average Bonchev–Trinajstić information content (AvgIpc) is 2.78. The summed E-state index contributed by atoms with van der Waals surface area (Å²) in [6.07, 6.45) is 3.09. The second-order valence-corrected chi connectivity index (χ2v) is 8.43.